The molecule has 0 amide bonds. The van der Waals surface area contributed by atoms with Crippen LogP contribution in [0.1, 0.15) is 29.3 Å². The number of benzene rings is 1. The van der Waals surface area contributed by atoms with E-state index in [1.807, 2.05) is 12.1 Å². The van der Waals surface area contributed by atoms with E-state index < -0.39 is 0 Å². The molecule has 0 saturated heterocycles. The zero-order valence-electron chi connectivity index (χ0n) is 9.97. The maximum absolute atomic E-state index is 9.71. The van der Waals surface area contributed by atoms with E-state index in [0.717, 1.165) is 29.9 Å². The SMILES string of the molecule is Oc1ccccc1Cc1nc2c(o1)CC(O)CC2. The van der Waals surface area contributed by atoms with E-state index in [-0.39, 0.29) is 11.9 Å². The van der Waals surface area contributed by atoms with Crippen molar-refractivity contribution in [3.8, 4) is 5.75 Å². The van der Waals surface area contributed by atoms with Gasteiger partial charge in [-0.3, -0.25) is 0 Å². The van der Waals surface area contributed by atoms with Crippen molar-refractivity contribution in [2.75, 3.05) is 0 Å². The first kappa shape index (κ1) is 11.3. The molecule has 1 unspecified atom stereocenters. The molecule has 1 atom stereocenters. The summed E-state index contributed by atoms with van der Waals surface area (Å²) in [4.78, 5) is 4.43. The molecular formula is C14H15NO3. The molecule has 2 aromatic rings. The molecule has 2 N–H and O–H groups in total. The van der Waals surface area contributed by atoms with Gasteiger partial charge < -0.3 is 14.6 Å². The second kappa shape index (κ2) is 4.46. The third-order valence-corrected chi connectivity index (χ3v) is 3.29. The molecule has 3 rings (SSSR count). The van der Waals surface area contributed by atoms with Crippen LogP contribution in [0.2, 0.25) is 0 Å². The minimum absolute atomic E-state index is 0.258. The number of aliphatic hydroxyl groups excluding tert-OH is 1. The highest BCUT2D eigenvalue weighted by atomic mass is 16.4. The van der Waals surface area contributed by atoms with Gasteiger partial charge in [0, 0.05) is 12.0 Å². The summed E-state index contributed by atoms with van der Waals surface area (Å²) in [6, 6.07) is 7.17. The topological polar surface area (TPSA) is 66.5 Å². The molecule has 1 aromatic carbocycles. The fraction of sp³-hybridized carbons (Fsp3) is 0.357. The summed E-state index contributed by atoms with van der Waals surface area (Å²) in [6.45, 7) is 0. The number of nitrogens with zero attached hydrogens (tertiary/aromatic N) is 1. The molecule has 0 saturated carbocycles. The summed E-state index contributed by atoms with van der Waals surface area (Å²) in [5, 5.41) is 19.3. The van der Waals surface area contributed by atoms with Crippen molar-refractivity contribution in [1.29, 1.82) is 0 Å². The van der Waals surface area contributed by atoms with Crippen LogP contribution in [0.4, 0.5) is 0 Å². The maximum Gasteiger partial charge on any atom is 0.199 e. The molecule has 0 radical (unpaired) electrons. The Hall–Kier alpha value is -1.81. The van der Waals surface area contributed by atoms with Gasteiger partial charge in [0.15, 0.2) is 5.89 Å². The molecule has 1 aliphatic rings. The Balaban J connectivity index is 1.84. The monoisotopic (exact) mass is 245 g/mol. The van der Waals surface area contributed by atoms with Crippen LogP contribution < -0.4 is 0 Å². The van der Waals surface area contributed by atoms with Gasteiger partial charge >= 0.3 is 0 Å². The Bertz CT molecular complexity index is 562. The van der Waals surface area contributed by atoms with E-state index in [4.69, 9.17) is 4.42 Å². The lowest BCUT2D eigenvalue weighted by molar-refractivity contribution is 0.149. The Labute approximate surface area is 105 Å². The molecule has 0 bridgehead atoms. The molecule has 0 aliphatic heterocycles. The Morgan fingerprint density at radius 3 is 3.00 bits per heavy atom. The molecule has 1 heterocycles. The van der Waals surface area contributed by atoms with Crippen molar-refractivity contribution in [2.45, 2.75) is 31.8 Å². The standard InChI is InChI=1S/C14H15NO3/c16-10-5-6-11-13(8-10)18-14(15-11)7-9-3-1-2-4-12(9)17/h1-4,10,16-17H,5-8H2. The molecule has 1 aliphatic carbocycles. The highest BCUT2D eigenvalue weighted by molar-refractivity contribution is 5.34. The smallest absolute Gasteiger partial charge is 0.199 e. The van der Waals surface area contributed by atoms with Crippen molar-refractivity contribution in [3.63, 3.8) is 0 Å². The van der Waals surface area contributed by atoms with Crippen LogP contribution in [0.25, 0.3) is 0 Å². The summed E-state index contributed by atoms with van der Waals surface area (Å²) >= 11 is 0. The van der Waals surface area contributed by atoms with Crippen LogP contribution in [0, 0.1) is 0 Å². The molecule has 4 nitrogen and oxygen atoms in total. The minimum Gasteiger partial charge on any atom is -0.508 e. The molecule has 18 heavy (non-hydrogen) atoms. The number of fused-ring (bicyclic) bond motifs is 1. The van der Waals surface area contributed by atoms with Gasteiger partial charge in [-0.15, -0.1) is 0 Å². The summed E-state index contributed by atoms with van der Waals surface area (Å²) in [5.74, 6) is 1.66. The lowest BCUT2D eigenvalue weighted by Gasteiger charge is -2.13. The number of aromatic nitrogens is 1. The van der Waals surface area contributed by atoms with Crippen molar-refractivity contribution < 1.29 is 14.6 Å². The van der Waals surface area contributed by atoms with Gasteiger partial charge in [-0.1, -0.05) is 18.2 Å². The van der Waals surface area contributed by atoms with Crippen molar-refractivity contribution >= 4 is 0 Å². The molecule has 4 heteroatoms. The number of hydrogen-bond donors (Lipinski definition) is 2. The highest BCUT2D eigenvalue weighted by Crippen LogP contribution is 2.25. The first-order valence-corrected chi connectivity index (χ1v) is 6.15. The number of hydrogen-bond acceptors (Lipinski definition) is 4. The number of para-hydroxylation sites is 1. The van der Waals surface area contributed by atoms with E-state index in [9.17, 15) is 10.2 Å². The zero-order chi connectivity index (χ0) is 12.5. The van der Waals surface area contributed by atoms with Gasteiger partial charge in [-0.2, -0.15) is 0 Å². The maximum atomic E-state index is 9.71. The van der Waals surface area contributed by atoms with Crippen LogP contribution in [-0.2, 0) is 19.3 Å². The summed E-state index contributed by atoms with van der Waals surface area (Å²) in [7, 11) is 0. The predicted molar refractivity (Wildman–Crippen MR) is 65.4 cm³/mol. The Morgan fingerprint density at radius 2 is 2.17 bits per heavy atom. The second-order valence-electron chi connectivity index (χ2n) is 4.68. The third kappa shape index (κ3) is 2.11. The van der Waals surface area contributed by atoms with Crippen LogP contribution in [0.3, 0.4) is 0 Å². The predicted octanol–water partition coefficient (Wildman–Crippen LogP) is 1.82. The van der Waals surface area contributed by atoms with Gasteiger partial charge in [0.05, 0.1) is 18.2 Å². The first-order valence-electron chi connectivity index (χ1n) is 6.15. The number of aliphatic hydroxyl groups is 1. The van der Waals surface area contributed by atoms with Gasteiger partial charge in [0.25, 0.3) is 0 Å². The van der Waals surface area contributed by atoms with E-state index in [0.29, 0.717) is 18.7 Å². The zero-order valence-corrected chi connectivity index (χ0v) is 9.97. The van der Waals surface area contributed by atoms with Gasteiger partial charge in [0.2, 0.25) is 0 Å². The highest BCUT2D eigenvalue weighted by Gasteiger charge is 2.22. The van der Waals surface area contributed by atoms with Crippen LogP contribution in [0.15, 0.2) is 28.7 Å². The second-order valence-corrected chi connectivity index (χ2v) is 4.68. The normalized spacial score (nSPS) is 18.6. The lowest BCUT2D eigenvalue weighted by atomic mass is 9.99. The molecule has 94 valence electrons. The first-order chi connectivity index (χ1) is 8.72. The summed E-state index contributed by atoms with van der Waals surface area (Å²) in [5.41, 5.74) is 1.75. The number of aromatic hydroxyl groups is 1. The molecule has 0 fully saturated rings. The Kier molecular flexibility index (Phi) is 2.80. The molecule has 1 aromatic heterocycles. The van der Waals surface area contributed by atoms with E-state index >= 15 is 0 Å². The third-order valence-electron chi connectivity index (χ3n) is 3.29. The Morgan fingerprint density at radius 1 is 1.33 bits per heavy atom. The van der Waals surface area contributed by atoms with Crippen LogP contribution in [0.5, 0.6) is 5.75 Å². The van der Waals surface area contributed by atoms with Crippen LogP contribution >= 0.6 is 0 Å². The number of rotatable bonds is 2. The lowest BCUT2D eigenvalue weighted by Crippen LogP contribution is -2.17. The van der Waals surface area contributed by atoms with E-state index in [2.05, 4.69) is 4.98 Å². The van der Waals surface area contributed by atoms with E-state index in [1.165, 1.54) is 0 Å². The number of phenols is 1. The molecule has 0 spiro atoms. The summed E-state index contributed by atoms with van der Waals surface area (Å²) < 4.78 is 5.65. The van der Waals surface area contributed by atoms with Gasteiger partial charge in [0.1, 0.15) is 11.5 Å². The van der Waals surface area contributed by atoms with Crippen LogP contribution in [-0.4, -0.2) is 21.3 Å². The average molecular weight is 245 g/mol. The largest absolute Gasteiger partial charge is 0.508 e. The summed E-state index contributed by atoms with van der Waals surface area (Å²) in [6.07, 6.45) is 2.22. The minimum atomic E-state index is -0.316. The number of phenolic OH excluding ortho intramolecular Hbond substituents is 1. The average Bonchev–Trinajstić information content (AvgIpc) is 2.73. The van der Waals surface area contributed by atoms with Crippen molar-refractivity contribution in [1.82, 2.24) is 4.98 Å². The van der Waals surface area contributed by atoms with Gasteiger partial charge in [-0.05, 0) is 18.9 Å². The molecular weight excluding hydrogens is 230 g/mol. The van der Waals surface area contributed by atoms with Crippen molar-refractivity contribution in [3.05, 3.63) is 47.2 Å². The number of aryl methyl sites for hydroxylation is 1. The fourth-order valence-electron chi connectivity index (χ4n) is 2.31. The van der Waals surface area contributed by atoms with E-state index in [1.54, 1.807) is 12.1 Å². The number of oxazole rings is 1. The fourth-order valence-corrected chi connectivity index (χ4v) is 2.31. The quantitative estimate of drug-likeness (QED) is 0.847. The van der Waals surface area contributed by atoms with Crippen molar-refractivity contribution in [2.24, 2.45) is 0 Å². The van der Waals surface area contributed by atoms with Gasteiger partial charge in [-0.25, -0.2) is 4.98 Å².